The molecule has 1 heterocycles. The monoisotopic (exact) mass is 699 g/mol. The fourth-order valence-electron chi connectivity index (χ4n) is 5.53. The molecule has 13 heteroatoms. The number of hydrogen-bond acceptors (Lipinski definition) is 5. The maximum atomic E-state index is 14.5. The molecule has 0 aliphatic carbocycles. The molecule has 7 rings (SSSR count). The topological polar surface area (TPSA) is 87.7 Å². The van der Waals surface area contributed by atoms with Crippen LogP contribution >= 0.6 is 31.3 Å². The van der Waals surface area contributed by atoms with E-state index >= 15 is 0 Å². The molecule has 6 nitrogen and oxygen atoms in total. The Labute approximate surface area is 271 Å². The summed E-state index contributed by atoms with van der Waals surface area (Å²) in [5.41, 5.74) is -3.48. The molecule has 0 fully saturated rings. The third kappa shape index (κ3) is 5.35. The van der Waals surface area contributed by atoms with Crippen molar-refractivity contribution in [3.63, 3.8) is 0 Å². The Hall–Kier alpha value is -3.89. The van der Waals surface area contributed by atoms with Crippen molar-refractivity contribution in [3.05, 3.63) is 119 Å². The molecule has 6 aromatic carbocycles. The van der Waals surface area contributed by atoms with Gasteiger partial charge in [0.1, 0.15) is 0 Å². The molecule has 0 spiro atoms. The first-order valence-corrected chi connectivity index (χ1v) is 17.3. The number of sulfonamides is 1. The minimum absolute atomic E-state index is 0.147. The molecule has 0 unspecified atom stereocenters. The van der Waals surface area contributed by atoms with E-state index in [0.717, 1.165) is 0 Å². The number of alkyl halides is 3. The third-order valence-corrected chi connectivity index (χ3v) is 11.3. The van der Waals surface area contributed by atoms with Crippen molar-refractivity contribution in [2.75, 3.05) is 0 Å². The molecule has 6 aromatic rings. The van der Waals surface area contributed by atoms with Crippen LogP contribution in [0.25, 0.3) is 54.9 Å². The van der Waals surface area contributed by atoms with Gasteiger partial charge in [-0.05, 0) is 73.6 Å². The summed E-state index contributed by atoms with van der Waals surface area (Å²) < 4.78 is 79.2. The van der Waals surface area contributed by atoms with Gasteiger partial charge in [0, 0.05) is 32.3 Å². The minimum atomic E-state index is -6.23. The highest BCUT2D eigenvalue weighted by Gasteiger charge is 2.55. The van der Waals surface area contributed by atoms with Crippen LogP contribution in [-0.2, 0) is 10.0 Å². The van der Waals surface area contributed by atoms with E-state index in [0.29, 0.717) is 65.0 Å². The summed E-state index contributed by atoms with van der Waals surface area (Å²) in [4.78, 5) is 14.5. The smallest absolute Gasteiger partial charge is 0.514 e. The van der Waals surface area contributed by atoms with Gasteiger partial charge in [-0.15, -0.1) is 0 Å². The second kappa shape index (κ2) is 11.1. The van der Waals surface area contributed by atoms with Gasteiger partial charge in [0.2, 0.25) is 0 Å². The van der Waals surface area contributed by atoms with Gasteiger partial charge in [-0.2, -0.15) is 21.6 Å². The van der Waals surface area contributed by atoms with Gasteiger partial charge in [0.15, 0.2) is 11.5 Å². The zero-order chi connectivity index (χ0) is 32.4. The highest BCUT2D eigenvalue weighted by atomic mass is 35.5. The molecule has 1 aliphatic rings. The fourth-order valence-corrected chi connectivity index (χ4v) is 8.57. The van der Waals surface area contributed by atoms with E-state index in [1.807, 2.05) is 24.3 Å². The number of nitrogens with one attached hydrogen (secondary N) is 1. The van der Waals surface area contributed by atoms with E-state index < -0.39 is 23.6 Å². The average molecular weight is 700 g/mol. The van der Waals surface area contributed by atoms with Crippen molar-refractivity contribution in [2.45, 2.75) is 5.51 Å². The van der Waals surface area contributed by atoms with Gasteiger partial charge >= 0.3 is 23.6 Å². The molecule has 1 N–H and O–H groups in total. The number of hydrogen-bond donors (Lipinski definition) is 1. The molecule has 46 heavy (non-hydrogen) atoms. The van der Waals surface area contributed by atoms with E-state index in [2.05, 4.69) is 0 Å². The van der Waals surface area contributed by atoms with Crippen LogP contribution in [0, 0.1) is 0 Å². The van der Waals surface area contributed by atoms with Gasteiger partial charge in [0.25, 0.3) is 0 Å². The number of fused-ring (bicyclic) bond motifs is 7. The molecule has 0 saturated heterocycles. The second-order valence-electron chi connectivity index (χ2n) is 10.4. The molecule has 0 aromatic heterocycles. The lowest BCUT2D eigenvalue weighted by Gasteiger charge is -2.27. The summed E-state index contributed by atoms with van der Waals surface area (Å²) in [6.45, 7) is 0. The van der Waals surface area contributed by atoms with Crippen LogP contribution in [0.15, 0.2) is 109 Å². The fraction of sp³-hybridized carbons (Fsp3) is 0.0303. The van der Waals surface area contributed by atoms with Gasteiger partial charge in [-0.3, -0.25) is 9.05 Å². The first-order valence-electron chi connectivity index (χ1n) is 13.6. The minimum Gasteiger partial charge on any atom is -0.600 e. The highest BCUT2D eigenvalue weighted by molar-refractivity contribution is 7.96. The maximum Gasteiger partial charge on any atom is 0.514 e. The van der Waals surface area contributed by atoms with Crippen LogP contribution in [0.5, 0.6) is 11.5 Å². The lowest BCUT2D eigenvalue weighted by Crippen LogP contribution is -2.43. The van der Waals surface area contributed by atoms with Gasteiger partial charge in [-0.25, -0.2) is 0 Å². The zero-order valence-corrected chi connectivity index (χ0v) is 26.4. The standard InChI is InChI=1S/C33H19Cl2F3NO5PS/c34-23-13-9-19(10-14-23)27-17-21-5-1-3-7-25(21)29-30-26-8-4-2-6-22(26)18-28(20-11-15-24(35)16-12-20)32(30)44-45(40,43-31(27)29)39-46(41,42)33(36,37)38/h1-18H,(H,39,40). The predicted octanol–water partition coefficient (Wildman–Crippen LogP) is 9.55. The number of halogens is 5. The van der Waals surface area contributed by atoms with Crippen molar-refractivity contribution in [1.29, 1.82) is 0 Å². The van der Waals surface area contributed by atoms with Crippen molar-refractivity contribution in [1.82, 2.24) is 4.49 Å². The van der Waals surface area contributed by atoms with E-state index in [1.165, 1.54) is 4.49 Å². The van der Waals surface area contributed by atoms with Crippen LogP contribution in [0.2, 0.25) is 10.0 Å². The first-order chi connectivity index (χ1) is 21.8. The number of benzene rings is 6. The Morgan fingerprint density at radius 3 is 1.43 bits per heavy atom. The van der Waals surface area contributed by atoms with Crippen LogP contribution in [0.3, 0.4) is 0 Å². The van der Waals surface area contributed by atoms with E-state index in [1.54, 1.807) is 84.9 Å². The lowest BCUT2D eigenvalue weighted by atomic mass is 9.86. The van der Waals surface area contributed by atoms with Crippen LogP contribution < -0.4 is 18.4 Å². The molecule has 0 bridgehead atoms. The molecule has 232 valence electrons. The Bertz CT molecular complexity index is 2150. The Morgan fingerprint density at radius 1 is 0.652 bits per heavy atom. The van der Waals surface area contributed by atoms with E-state index in [-0.39, 0.29) is 11.5 Å². The van der Waals surface area contributed by atoms with Crippen LogP contribution in [-0.4, -0.2) is 13.9 Å². The molecule has 0 atom stereocenters. The third-order valence-electron chi connectivity index (χ3n) is 7.52. The summed E-state index contributed by atoms with van der Waals surface area (Å²) in [5, 5.41) is 3.46. The normalized spacial score (nSPS) is 14.2. The lowest BCUT2D eigenvalue weighted by molar-refractivity contribution is -0.204. The largest absolute Gasteiger partial charge is 0.600 e. The van der Waals surface area contributed by atoms with Gasteiger partial charge in [0.05, 0.1) is 0 Å². The Kier molecular flexibility index (Phi) is 7.44. The summed E-state index contributed by atoms with van der Waals surface area (Å²) in [6.07, 6.45) is 0. The summed E-state index contributed by atoms with van der Waals surface area (Å²) in [5.74, 6) is -0.294. The SMILES string of the molecule is O=S(=O)(N[P+]1([O-])Oc2c(-c3ccc(Cl)cc3)cc3ccccc3c2-c2c(c(-c3ccc(Cl)cc3)cc3ccccc23)O1)C(F)(F)F. The van der Waals surface area contributed by atoms with E-state index in [4.69, 9.17) is 32.2 Å². The zero-order valence-electron chi connectivity index (χ0n) is 23.2. The molecular formula is C33H19Cl2F3NO5PS. The van der Waals surface area contributed by atoms with Crippen molar-refractivity contribution >= 4 is 62.9 Å². The second-order valence-corrected chi connectivity index (χ2v) is 14.9. The first kappa shape index (κ1) is 30.7. The van der Waals surface area contributed by atoms with Gasteiger partial charge < -0.3 is 4.89 Å². The summed E-state index contributed by atoms with van der Waals surface area (Å²) in [6, 6.07) is 31.0. The van der Waals surface area contributed by atoms with Crippen molar-refractivity contribution in [3.8, 4) is 44.9 Å². The highest BCUT2D eigenvalue weighted by Crippen LogP contribution is 2.63. The van der Waals surface area contributed by atoms with Crippen molar-refractivity contribution in [2.24, 2.45) is 0 Å². The summed E-state index contributed by atoms with van der Waals surface area (Å²) >= 11 is 12.3. The quantitative estimate of drug-likeness (QED) is 0.185. The summed E-state index contributed by atoms with van der Waals surface area (Å²) in [7, 11) is -11.6. The predicted molar refractivity (Wildman–Crippen MR) is 174 cm³/mol. The average Bonchev–Trinajstić information content (AvgIpc) is 3.14. The Morgan fingerprint density at radius 2 is 1.04 bits per heavy atom. The molecular weight excluding hydrogens is 681 g/mol. The van der Waals surface area contributed by atoms with Crippen LogP contribution in [0.1, 0.15) is 0 Å². The van der Waals surface area contributed by atoms with E-state index in [9.17, 15) is 26.5 Å². The Balaban J connectivity index is 1.67. The maximum absolute atomic E-state index is 14.5. The molecule has 1 aliphatic heterocycles. The molecule has 0 radical (unpaired) electrons. The number of rotatable bonds is 4. The van der Waals surface area contributed by atoms with Crippen molar-refractivity contribution < 1.29 is 35.5 Å². The molecule has 0 amide bonds. The van der Waals surface area contributed by atoms with Crippen LogP contribution in [0.4, 0.5) is 13.2 Å². The van der Waals surface area contributed by atoms with Gasteiger partial charge in [-0.1, -0.05) is 96.0 Å². The molecule has 0 saturated carbocycles.